The Bertz CT molecular complexity index is 972. The molecule has 1 aromatic heterocycles. The summed E-state index contributed by atoms with van der Waals surface area (Å²) >= 11 is 9.58. The molecule has 5 nitrogen and oxygen atoms in total. The first-order valence-electron chi connectivity index (χ1n) is 9.94. The number of nitrogens with one attached hydrogen (secondary N) is 1. The Labute approximate surface area is 192 Å². The number of methoxy groups -OCH3 is 1. The zero-order chi connectivity index (χ0) is 22.1. The number of hydrogen-bond donors (Lipinski definition) is 2. The predicted octanol–water partition coefficient (Wildman–Crippen LogP) is 4.86. The number of anilines is 1. The molecule has 1 fully saturated rings. The van der Waals surface area contributed by atoms with Crippen LogP contribution in [0.3, 0.4) is 0 Å². The number of hydrogen-bond acceptors (Lipinski definition) is 5. The summed E-state index contributed by atoms with van der Waals surface area (Å²) in [5, 5.41) is 5.00. The van der Waals surface area contributed by atoms with Crippen molar-refractivity contribution in [1.82, 2.24) is 9.29 Å². The number of rotatable bonds is 4. The van der Waals surface area contributed by atoms with Crippen molar-refractivity contribution < 1.29 is 8.95 Å². The molecule has 0 saturated carbocycles. The van der Waals surface area contributed by atoms with Crippen molar-refractivity contribution in [3.63, 3.8) is 0 Å². The highest BCUT2D eigenvalue weighted by Gasteiger charge is 2.18. The highest BCUT2D eigenvalue weighted by Crippen LogP contribution is 2.32. The van der Waals surface area contributed by atoms with Gasteiger partial charge in [0.05, 0.1) is 23.2 Å². The van der Waals surface area contributed by atoms with E-state index in [1.165, 1.54) is 0 Å². The van der Waals surface area contributed by atoms with Crippen LogP contribution in [0.2, 0.25) is 5.02 Å². The quantitative estimate of drug-likeness (QED) is 0.538. The smallest absolute Gasteiger partial charge is 0.157 e. The molecule has 164 valence electrons. The molecule has 30 heavy (non-hydrogen) atoms. The van der Waals surface area contributed by atoms with Crippen LogP contribution >= 0.6 is 24.2 Å². The second-order valence-electron chi connectivity index (χ2n) is 6.16. The van der Waals surface area contributed by atoms with E-state index in [1.54, 1.807) is 17.3 Å². The average molecular weight is 468 g/mol. The zero-order valence-corrected chi connectivity index (χ0v) is 20.4. The van der Waals surface area contributed by atoms with Gasteiger partial charge in [0, 0.05) is 42.8 Å². The van der Waals surface area contributed by atoms with E-state index < -0.39 is 11.0 Å². The molecule has 1 atom stereocenters. The van der Waals surface area contributed by atoms with Crippen LogP contribution in [0, 0.1) is 0 Å². The molecular formula is C22H30ClN3O2S2. The molecule has 0 amide bonds. The number of ether oxygens (including phenoxy) is 1. The number of benzene rings is 2. The molecule has 4 rings (SSSR count). The standard InChI is InChI=1S/C19H20ClN3O2S.C2H6.CH4S/c1-25-19-5-3-16(13-18(19)22-10-7-21-8-11-22)26(24)23-9-6-14-12-15(20)2-4-17(14)23;2*1-2/h2-6,9,12-13,21H,7-8,10-11H2,1H3;1-2H3;2H,1H3. The first-order chi connectivity index (χ1) is 14.7. The number of thiol groups is 1. The summed E-state index contributed by atoms with van der Waals surface area (Å²) in [4.78, 5) is 3.01. The summed E-state index contributed by atoms with van der Waals surface area (Å²) in [6.07, 6.45) is 3.53. The van der Waals surface area contributed by atoms with Crippen LogP contribution < -0.4 is 15.0 Å². The molecule has 0 bridgehead atoms. The van der Waals surface area contributed by atoms with Crippen molar-refractivity contribution >= 4 is 51.8 Å². The molecule has 1 unspecified atom stereocenters. The number of nitrogens with zero attached hydrogens (tertiary/aromatic N) is 2. The lowest BCUT2D eigenvalue weighted by molar-refractivity contribution is 0.412. The van der Waals surface area contributed by atoms with Crippen LogP contribution in [0.5, 0.6) is 5.75 Å². The van der Waals surface area contributed by atoms with Gasteiger partial charge in [0.25, 0.3) is 0 Å². The number of piperazine rings is 1. The van der Waals surface area contributed by atoms with Gasteiger partial charge in [-0.2, -0.15) is 12.6 Å². The molecule has 0 spiro atoms. The Hall–Kier alpha value is -1.67. The fourth-order valence-electron chi connectivity index (χ4n) is 3.28. The van der Waals surface area contributed by atoms with E-state index in [2.05, 4.69) is 22.8 Å². The summed E-state index contributed by atoms with van der Waals surface area (Å²) in [6, 6.07) is 13.3. The minimum absolute atomic E-state index is 0.673. The lowest BCUT2D eigenvalue weighted by Gasteiger charge is -2.30. The molecular weight excluding hydrogens is 438 g/mol. The minimum Gasteiger partial charge on any atom is -0.495 e. The van der Waals surface area contributed by atoms with E-state index in [0.717, 1.165) is 53.4 Å². The number of fused-ring (bicyclic) bond motifs is 1. The fourth-order valence-corrected chi connectivity index (χ4v) is 4.60. The number of aromatic nitrogens is 1. The highest BCUT2D eigenvalue weighted by atomic mass is 35.5. The summed E-state index contributed by atoms with van der Waals surface area (Å²) in [6.45, 7) is 7.66. The van der Waals surface area contributed by atoms with Crippen molar-refractivity contribution in [2.45, 2.75) is 18.7 Å². The maximum Gasteiger partial charge on any atom is 0.157 e. The van der Waals surface area contributed by atoms with Crippen LogP contribution in [0.15, 0.2) is 53.6 Å². The molecule has 1 saturated heterocycles. The highest BCUT2D eigenvalue weighted by molar-refractivity contribution is 7.83. The SMILES string of the molecule is CC.COc1ccc(S(=O)n2ccc3cc(Cl)ccc32)cc1N1CCNCC1.CS. The Morgan fingerprint density at radius 3 is 2.43 bits per heavy atom. The van der Waals surface area contributed by atoms with Gasteiger partial charge in [-0.3, -0.25) is 3.97 Å². The van der Waals surface area contributed by atoms with Gasteiger partial charge < -0.3 is 15.0 Å². The van der Waals surface area contributed by atoms with E-state index in [4.69, 9.17) is 16.3 Å². The Morgan fingerprint density at radius 1 is 1.07 bits per heavy atom. The van der Waals surface area contributed by atoms with Crippen molar-refractivity contribution in [3.8, 4) is 5.75 Å². The lowest BCUT2D eigenvalue weighted by atomic mass is 10.2. The van der Waals surface area contributed by atoms with E-state index in [9.17, 15) is 4.21 Å². The lowest BCUT2D eigenvalue weighted by Crippen LogP contribution is -2.43. The maximum atomic E-state index is 13.2. The normalized spacial score (nSPS) is 14.3. The third-order valence-corrected chi connectivity index (χ3v) is 6.17. The van der Waals surface area contributed by atoms with Crippen LogP contribution in [0.1, 0.15) is 13.8 Å². The molecule has 1 aliphatic heterocycles. The van der Waals surface area contributed by atoms with E-state index in [1.807, 2.05) is 62.5 Å². The van der Waals surface area contributed by atoms with Gasteiger partial charge in [0.15, 0.2) is 11.0 Å². The molecule has 0 aliphatic carbocycles. The molecule has 1 aliphatic rings. The van der Waals surface area contributed by atoms with E-state index >= 15 is 0 Å². The first-order valence-corrected chi connectivity index (χ1v) is 12.3. The van der Waals surface area contributed by atoms with E-state index in [0.29, 0.717) is 5.02 Å². The van der Waals surface area contributed by atoms with Crippen molar-refractivity contribution in [1.29, 1.82) is 0 Å². The predicted molar refractivity (Wildman–Crippen MR) is 133 cm³/mol. The zero-order valence-electron chi connectivity index (χ0n) is 17.9. The summed E-state index contributed by atoms with van der Waals surface area (Å²) in [7, 11) is 0.321. The van der Waals surface area contributed by atoms with Crippen molar-refractivity contribution in [2.75, 3.05) is 44.4 Å². The summed E-state index contributed by atoms with van der Waals surface area (Å²) in [5.41, 5.74) is 1.88. The second kappa shape index (κ2) is 12.2. The molecule has 8 heteroatoms. The summed E-state index contributed by atoms with van der Waals surface area (Å²) in [5.74, 6) is 0.803. The summed E-state index contributed by atoms with van der Waals surface area (Å²) < 4.78 is 20.5. The van der Waals surface area contributed by atoms with Gasteiger partial charge in [0.1, 0.15) is 5.75 Å². The van der Waals surface area contributed by atoms with Gasteiger partial charge in [-0.1, -0.05) is 25.4 Å². The number of halogens is 1. The van der Waals surface area contributed by atoms with Crippen LogP contribution in [0.25, 0.3) is 10.9 Å². The van der Waals surface area contributed by atoms with Crippen LogP contribution in [-0.4, -0.2) is 47.7 Å². The first kappa shape index (κ1) is 24.6. The maximum absolute atomic E-state index is 13.2. The monoisotopic (exact) mass is 467 g/mol. The van der Waals surface area contributed by atoms with Gasteiger partial charge >= 0.3 is 0 Å². The second-order valence-corrected chi connectivity index (χ2v) is 7.96. The third kappa shape index (κ3) is 5.52. The minimum atomic E-state index is -1.35. The van der Waals surface area contributed by atoms with Gasteiger partial charge in [-0.25, -0.2) is 4.21 Å². The largest absolute Gasteiger partial charge is 0.495 e. The van der Waals surface area contributed by atoms with Gasteiger partial charge in [0.2, 0.25) is 0 Å². The fraction of sp³-hybridized carbons (Fsp3) is 0.364. The topological polar surface area (TPSA) is 46.5 Å². The molecule has 2 heterocycles. The van der Waals surface area contributed by atoms with Gasteiger partial charge in [-0.05, 0) is 48.7 Å². The van der Waals surface area contributed by atoms with E-state index in [-0.39, 0.29) is 0 Å². The van der Waals surface area contributed by atoms with Crippen molar-refractivity contribution in [2.24, 2.45) is 0 Å². The van der Waals surface area contributed by atoms with Crippen LogP contribution in [-0.2, 0) is 11.0 Å². The Kier molecular flexibility index (Phi) is 10.0. The molecule has 3 aromatic rings. The van der Waals surface area contributed by atoms with Gasteiger partial charge in [-0.15, -0.1) is 0 Å². The van der Waals surface area contributed by atoms with Crippen LogP contribution in [0.4, 0.5) is 5.69 Å². The third-order valence-electron chi connectivity index (χ3n) is 4.60. The average Bonchev–Trinajstić information content (AvgIpc) is 3.24. The molecule has 1 N–H and O–H groups in total. The molecule has 0 radical (unpaired) electrons. The molecule has 2 aromatic carbocycles. The Balaban J connectivity index is 0.000000757. The Morgan fingerprint density at radius 2 is 1.77 bits per heavy atom. The van der Waals surface area contributed by atoms with Crippen molar-refractivity contribution in [3.05, 3.63) is 53.7 Å².